The summed E-state index contributed by atoms with van der Waals surface area (Å²) < 4.78 is 6.01. The summed E-state index contributed by atoms with van der Waals surface area (Å²) in [5.41, 5.74) is 7.21. The molecule has 6 heteroatoms. The van der Waals surface area contributed by atoms with Crippen LogP contribution in [0.4, 0.5) is 11.4 Å². The van der Waals surface area contributed by atoms with Crippen molar-refractivity contribution in [1.82, 2.24) is 0 Å². The minimum absolute atomic E-state index is 0.319. The SMILES string of the molecule is COc1cccc(N)c1C(=O)Nc1ccc(Cl)cc1I. The highest BCUT2D eigenvalue weighted by molar-refractivity contribution is 14.1. The summed E-state index contributed by atoms with van der Waals surface area (Å²) in [7, 11) is 1.50. The number of ether oxygens (including phenoxy) is 1. The van der Waals surface area contributed by atoms with Gasteiger partial charge in [0.2, 0.25) is 0 Å². The van der Waals surface area contributed by atoms with E-state index in [4.69, 9.17) is 22.1 Å². The van der Waals surface area contributed by atoms with E-state index in [1.54, 1.807) is 36.4 Å². The summed E-state index contributed by atoms with van der Waals surface area (Å²) in [4.78, 5) is 12.3. The summed E-state index contributed by atoms with van der Waals surface area (Å²) in [6.07, 6.45) is 0. The molecule has 2 aromatic rings. The molecule has 0 aromatic heterocycles. The Morgan fingerprint density at radius 1 is 1.35 bits per heavy atom. The molecule has 0 unspecified atom stereocenters. The van der Waals surface area contributed by atoms with E-state index in [1.807, 2.05) is 0 Å². The second-order valence-electron chi connectivity index (χ2n) is 4.00. The third kappa shape index (κ3) is 3.16. The number of methoxy groups -OCH3 is 1. The van der Waals surface area contributed by atoms with E-state index < -0.39 is 0 Å². The van der Waals surface area contributed by atoms with Gasteiger partial charge in [0, 0.05) is 14.3 Å². The Balaban J connectivity index is 2.33. The molecule has 2 rings (SSSR count). The number of amides is 1. The van der Waals surface area contributed by atoms with Gasteiger partial charge in [0.25, 0.3) is 5.91 Å². The van der Waals surface area contributed by atoms with Crippen LogP contribution in [-0.2, 0) is 0 Å². The molecule has 0 atom stereocenters. The zero-order valence-corrected chi connectivity index (χ0v) is 13.5. The van der Waals surface area contributed by atoms with Crippen LogP contribution in [0.5, 0.6) is 5.75 Å². The van der Waals surface area contributed by atoms with Crippen LogP contribution >= 0.6 is 34.2 Å². The van der Waals surface area contributed by atoms with Crippen molar-refractivity contribution in [3.63, 3.8) is 0 Å². The van der Waals surface area contributed by atoms with Crippen LogP contribution < -0.4 is 15.8 Å². The summed E-state index contributed by atoms with van der Waals surface area (Å²) in [6, 6.07) is 10.3. The van der Waals surface area contributed by atoms with Crippen molar-refractivity contribution in [2.45, 2.75) is 0 Å². The van der Waals surface area contributed by atoms with Crippen molar-refractivity contribution in [2.75, 3.05) is 18.2 Å². The average Bonchev–Trinajstić information content (AvgIpc) is 2.41. The lowest BCUT2D eigenvalue weighted by atomic mass is 10.1. The molecule has 104 valence electrons. The monoisotopic (exact) mass is 402 g/mol. The van der Waals surface area contributed by atoms with Gasteiger partial charge in [-0.25, -0.2) is 0 Å². The van der Waals surface area contributed by atoms with Crippen molar-refractivity contribution in [1.29, 1.82) is 0 Å². The number of nitrogens with one attached hydrogen (secondary N) is 1. The van der Waals surface area contributed by atoms with Crippen molar-refractivity contribution in [3.8, 4) is 5.75 Å². The number of benzene rings is 2. The molecule has 0 fully saturated rings. The van der Waals surface area contributed by atoms with Gasteiger partial charge in [-0.15, -0.1) is 0 Å². The van der Waals surface area contributed by atoms with Gasteiger partial charge in [-0.1, -0.05) is 17.7 Å². The van der Waals surface area contributed by atoms with Crippen LogP contribution in [0, 0.1) is 3.57 Å². The molecule has 0 saturated carbocycles. The Kier molecular flexibility index (Phi) is 4.72. The molecule has 0 spiro atoms. The first kappa shape index (κ1) is 14.9. The van der Waals surface area contributed by atoms with E-state index in [9.17, 15) is 4.79 Å². The van der Waals surface area contributed by atoms with Crippen LogP contribution in [0.25, 0.3) is 0 Å². The van der Waals surface area contributed by atoms with Crippen molar-refractivity contribution >= 4 is 51.5 Å². The minimum Gasteiger partial charge on any atom is -0.496 e. The zero-order valence-electron chi connectivity index (χ0n) is 10.6. The van der Waals surface area contributed by atoms with Crippen molar-refractivity contribution < 1.29 is 9.53 Å². The van der Waals surface area contributed by atoms with E-state index in [0.717, 1.165) is 3.57 Å². The lowest BCUT2D eigenvalue weighted by Crippen LogP contribution is -2.16. The predicted octanol–water partition coefficient (Wildman–Crippen LogP) is 3.79. The molecule has 20 heavy (non-hydrogen) atoms. The maximum absolute atomic E-state index is 12.3. The average molecular weight is 403 g/mol. The second-order valence-corrected chi connectivity index (χ2v) is 5.60. The van der Waals surface area contributed by atoms with Crippen LogP contribution in [0.3, 0.4) is 0 Å². The highest BCUT2D eigenvalue weighted by Gasteiger charge is 2.16. The summed E-state index contributed by atoms with van der Waals surface area (Å²) >= 11 is 7.99. The number of nitrogens with two attached hydrogens (primary N) is 1. The van der Waals surface area contributed by atoms with Crippen LogP contribution in [0.1, 0.15) is 10.4 Å². The molecule has 0 bridgehead atoms. The number of nitrogen functional groups attached to an aromatic ring is 1. The number of hydrogen-bond acceptors (Lipinski definition) is 3. The lowest BCUT2D eigenvalue weighted by molar-refractivity contribution is 0.102. The Labute approximate surface area is 135 Å². The fraction of sp³-hybridized carbons (Fsp3) is 0.0714. The van der Waals surface area contributed by atoms with Gasteiger partial charge in [-0.05, 0) is 52.9 Å². The smallest absolute Gasteiger partial charge is 0.261 e. The quantitative estimate of drug-likeness (QED) is 0.606. The highest BCUT2D eigenvalue weighted by atomic mass is 127. The number of halogens is 2. The van der Waals surface area contributed by atoms with Crippen LogP contribution in [0.15, 0.2) is 36.4 Å². The van der Waals surface area contributed by atoms with E-state index in [0.29, 0.717) is 27.7 Å². The first-order chi connectivity index (χ1) is 9.52. The molecule has 1 amide bonds. The second kappa shape index (κ2) is 6.32. The van der Waals surface area contributed by atoms with E-state index >= 15 is 0 Å². The zero-order chi connectivity index (χ0) is 14.7. The van der Waals surface area contributed by atoms with Gasteiger partial charge in [-0.2, -0.15) is 0 Å². The topological polar surface area (TPSA) is 64.3 Å². The maximum Gasteiger partial charge on any atom is 0.261 e. The predicted molar refractivity (Wildman–Crippen MR) is 89.5 cm³/mol. The molecule has 2 aromatic carbocycles. The molecule has 0 saturated heterocycles. The summed E-state index contributed by atoms with van der Waals surface area (Å²) in [6.45, 7) is 0. The van der Waals surface area contributed by atoms with Crippen LogP contribution in [-0.4, -0.2) is 13.0 Å². The van der Waals surface area contributed by atoms with Crippen molar-refractivity contribution in [2.24, 2.45) is 0 Å². The van der Waals surface area contributed by atoms with Gasteiger partial charge in [-0.3, -0.25) is 4.79 Å². The lowest BCUT2D eigenvalue weighted by Gasteiger charge is -2.12. The fourth-order valence-electron chi connectivity index (χ4n) is 1.74. The Morgan fingerprint density at radius 2 is 2.10 bits per heavy atom. The van der Waals surface area contributed by atoms with Crippen LogP contribution in [0.2, 0.25) is 5.02 Å². The highest BCUT2D eigenvalue weighted by Crippen LogP contribution is 2.27. The standard InChI is InChI=1S/C14H12ClIN2O2/c1-20-12-4-2-3-10(17)13(12)14(19)18-11-6-5-8(15)7-9(11)16/h2-7H,17H2,1H3,(H,18,19). The third-order valence-corrected chi connectivity index (χ3v) is 3.81. The maximum atomic E-state index is 12.3. The molecular formula is C14H12ClIN2O2. The number of hydrogen-bond donors (Lipinski definition) is 2. The van der Waals surface area contributed by atoms with Crippen molar-refractivity contribution in [3.05, 3.63) is 50.6 Å². The fourth-order valence-corrected chi connectivity index (χ4v) is 2.74. The minimum atomic E-state index is -0.319. The normalized spacial score (nSPS) is 10.2. The van der Waals surface area contributed by atoms with Gasteiger partial charge >= 0.3 is 0 Å². The molecular weight excluding hydrogens is 391 g/mol. The summed E-state index contributed by atoms with van der Waals surface area (Å²) in [5, 5.41) is 3.42. The Morgan fingerprint density at radius 3 is 2.75 bits per heavy atom. The third-order valence-electron chi connectivity index (χ3n) is 2.68. The summed E-state index contributed by atoms with van der Waals surface area (Å²) in [5.74, 6) is 0.117. The molecule has 0 heterocycles. The van der Waals surface area contributed by atoms with E-state index in [-0.39, 0.29) is 5.91 Å². The molecule has 0 aliphatic heterocycles. The molecule has 3 N–H and O–H groups in total. The van der Waals surface area contributed by atoms with E-state index in [2.05, 4.69) is 27.9 Å². The van der Waals surface area contributed by atoms with Gasteiger partial charge < -0.3 is 15.8 Å². The van der Waals surface area contributed by atoms with E-state index in [1.165, 1.54) is 7.11 Å². The number of carbonyl (C=O) groups excluding carboxylic acids is 1. The molecule has 0 radical (unpaired) electrons. The Hall–Kier alpha value is -1.47. The largest absolute Gasteiger partial charge is 0.496 e. The molecule has 4 nitrogen and oxygen atoms in total. The number of anilines is 2. The van der Waals surface area contributed by atoms with Gasteiger partial charge in [0.05, 0.1) is 12.8 Å². The van der Waals surface area contributed by atoms with Gasteiger partial charge in [0.15, 0.2) is 0 Å². The molecule has 0 aliphatic rings. The first-order valence-corrected chi connectivity index (χ1v) is 7.17. The number of rotatable bonds is 3. The van der Waals surface area contributed by atoms with Gasteiger partial charge in [0.1, 0.15) is 11.3 Å². The Bertz CT molecular complexity index is 662. The number of carbonyl (C=O) groups is 1. The molecule has 0 aliphatic carbocycles. The first-order valence-electron chi connectivity index (χ1n) is 5.72.